The Morgan fingerprint density at radius 2 is 2.05 bits per heavy atom. The highest BCUT2D eigenvalue weighted by molar-refractivity contribution is 5.45. The number of rotatable bonds is 8. The molecule has 112 valence electrons. The summed E-state index contributed by atoms with van der Waals surface area (Å²) >= 11 is 0. The van der Waals surface area contributed by atoms with Crippen molar-refractivity contribution in [1.29, 1.82) is 0 Å². The summed E-state index contributed by atoms with van der Waals surface area (Å²) in [6, 6.07) is 6.04. The average molecular weight is 279 g/mol. The molecular formula is C16H25NO3. The van der Waals surface area contributed by atoms with Gasteiger partial charge in [0, 0.05) is 12.6 Å². The standard InChI is InChI=1S/C16H25NO3/c1-3-4-5-6-12(2)17-10-14(18)13-7-8-15-16(9-13)20-11-19-15/h7-9,12,14,17-18H,3-6,10-11H2,1-2H3. The molecule has 0 bridgehead atoms. The van der Waals surface area contributed by atoms with E-state index in [0.29, 0.717) is 12.6 Å². The average Bonchev–Trinajstić information content (AvgIpc) is 2.92. The summed E-state index contributed by atoms with van der Waals surface area (Å²) in [4.78, 5) is 0. The molecule has 1 heterocycles. The molecule has 0 spiro atoms. The molecule has 2 unspecified atom stereocenters. The molecule has 0 amide bonds. The largest absolute Gasteiger partial charge is 0.454 e. The van der Waals surface area contributed by atoms with E-state index >= 15 is 0 Å². The van der Waals surface area contributed by atoms with Crippen LogP contribution in [-0.2, 0) is 0 Å². The fourth-order valence-corrected chi connectivity index (χ4v) is 2.35. The quantitative estimate of drug-likeness (QED) is 0.718. The van der Waals surface area contributed by atoms with E-state index in [1.165, 1.54) is 19.3 Å². The maximum atomic E-state index is 10.2. The minimum Gasteiger partial charge on any atom is -0.454 e. The first-order valence-corrected chi connectivity index (χ1v) is 7.51. The Labute approximate surface area is 121 Å². The molecule has 0 saturated carbocycles. The van der Waals surface area contributed by atoms with Crippen molar-refractivity contribution < 1.29 is 14.6 Å². The van der Waals surface area contributed by atoms with Crippen molar-refractivity contribution in [3.63, 3.8) is 0 Å². The lowest BCUT2D eigenvalue weighted by molar-refractivity contribution is 0.167. The Morgan fingerprint density at radius 3 is 2.85 bits per heavy atom. The van der Waals surface area contributed by atoms with Gasteiger partial charge in [0.2, 0.25) is 6.79 Å². The molecule has 0 aromatic heterocycles. The number of aliphatic hydroxyl groups is 1. The van der Waals surface area contributed by atoms with Gasteiger partial charge in [-0.1, -0.05) is 32.3 Å². The van der Waals surface area contributed by atoms with Crippen molar-refractivity contribution in [1.82, 2.24) is 5.32 Å². The number of ether oxygens (including phenoxy) is 2. The Bertz CT molecular complexity index is 422. The molecule has 1 aliphatic rings. The lowest BCUT2D eigenvalue weighted by atomic mass is 10.1. The zero-order valence-electron chi connectivity index (χ0n) is 12.4. The van der Waals surface area contributed by atoms with Crippen molar-refractivity contribution in [2.75, 3.05) is 13.3 Å². The smallest absolute Gasteiger partial charge is 0.231 e. The van der Waals surface area contributed by atoms with Crippen molar-refractivity contribution >= 4 is 0 Å². The molecule has 0 saturated heterocycles. The highest BCUT2D eigenvalue weighted by Crippen LogP contribution is 2.34. The van der Waals surface area contributed by atoms with Crippen molar-refractivity contribution in [3.05, 3.63) is 23.8 Å². The van der Waals surface area contributed by atoms with Gasteiger partial charge >= 0.3 is 0 Å². The third-order valence-electron chi connectivity index (χ3n) is 3.68. The van der Waals surface area contributed by atoms with Crippen LogP contribution in [0.3, 0.4) is 0 Å². The van der Waals surface area contributed by atoms with Gasteiger partial charge in [0.25, 0.3) is 0 Å². The van der Waals surface area contributed by atoms with Crippen LogP contribution >= 0.6 is 0 Å². The Hall–Kier alpha value is -1.26. The monoisotopic (exact) mass is 279 g/mol. The lowest BCUT2D eigenvalue weighted by Gasteiger charge is -2.17. The Balaban J connectivity index is 1.78. The van der Waals surface area contributed by atoms with Crippen LogP contribution in [0.2, 0.25) is 0 Å². The van der Waals surface area contributed by atoms with Crippen molar-refractivity contribution in [3.8, 4) is 11.5 Å². The first-order chi connectivity index (χ1) is 9.70. The maximum absolute atomic E-state index is 10.2. The molecule has 0 radical (unpaired) electrons. The maximum Gasteiger partial charge on any atom is 0.231 e. The zero-order chi connectivity index (χ0) is 14.4. The number of hydrogen-bond acceptors (Lipinski definition) is 4. The minimum absolute atomic E-state index is 0.265. The highest BCUT2D eigenvalue weighted by Gasteiger charge is 2.16. The van der Waals surface area contributed by atoms with E-state index in [1.807, 2.05) is 18.2 Å². The Kier molecular flexibility index (Phi) is 5.68. The molecule has 4 nitrogen and oxygen atoms in total. The predicted octanol–water partition coefficient (Wildman–Crippen LogP) is 3.01. The number of unbranched alkanes of at least 4 members (excludes halogenated alkanes) is 2. The molecule has 4 heteroatoms. The summed E-state index contributed by atoms with van der Waals surface area (Å²) in [6.07, 6.45) is 4.40. The van der Waals surface area contributed by atoms with E-state index in [-0.39, 0.29) is 6.79 Å². The second-order valence-corrected chi connectivity index (χ2v) is 5.43. The zero-order valence-corrected chi connectivity index (χ0v) is 12.4. The van der Waals surface area contributed by atoms with Crippen LogP contribution in [0, 0.1) is 0 Å². The second kappa shape index (κ2) is 7.50. The van der Waals surface area contributed by atoms with Crippen LogP contribution in [0.4, 0.5) is 0 Å². The molecule has 1 aliphatic heterocycles. The summed E-state index contributed by atoms with van der Waals surface area (Å²) < 4.78 is 10.6. The van der Waals surface area contributed by atoms with Gasteiger partial charge in [-0.25, -0.2) is 0 Å². The number of hydrogen-bond donors (Lipinski definition) is 2. The van der Waals surface area contributed by atoms with Gasteiger partial charge in [0.1, 0.15) is 0 Å². The number of nitrogens with one attached hydrogen (secondary N) is 1. The topological polar surface area (TPSA) is 50.7 Å². The third kappa shape index (κ3) is 4.12. The number of benzene rings is 1. The van der Waals surface area contributed by atoms with Crippen LogP contribution in [0.15, 0.2) is 18.2 Å². The first-order valence-electron chi connectivity index (χ1n) is 7.51. The number of fused-ring (bicyclic) bond motifs is 1. The first kappa shape index (κ1) is 15.1. The van der Waals surface area contributed by atoms with Crippen molar-refractivity contribution in [2.24, 2.45) is 0 Å². The van der Waals surface area contributed by atoms with Gasteiger partial charge < -0.3 is 19.9 Å². The van der Waals surface area contributed by atoms with Crippen LogP contribution in [0.1, 0.15) is 51.2 Å². The van der Waals surface area contributed by atoms with E-state index < -0.39 is 6.10 Å². The predicted molar refractivity (Wildman–Crippen MR) is 79.1 cm³/mol. The van der Waals surface area contributed by atoms with Gasteiger partial charge in [-0.2, -0.15) is 0 Å². The van der Waals surface area contributed by atoms with Crippen LogP contribution in [-0.4, -0.2) is 24.5 Å². The third-order valence-corrected chi connectivity index (χ3v) is 3.68. The molecule has 1 aromatic rings. The summed E-state index contributed by atoms with van der Waals surface area (Å²) in [5.41, 5.74) is 0.863. The van der Waals surface area contributed by atoms with Gasteiger partial charge in [0.15, 0.2) is 11.5 Å². The molecule has 2 rings (SSSR count). The second-order valence-electron chi connectivity index (χ2n) is 5.43. The normalized spacial score (nSPS) is 16.1. The van der Waals surface area contributed by atoms with Crippen molar-refractivity contribution in [2.45, 2.75) is 51.7 Å². The van der Waals surface area contributed by atoms with Crippen LogP contribution in [0.25, 0.3) is 0 Å². The van der Waals surface area contributed by atoms with E-state index in [4.69, 9.17) is 9.47 Å². The van der Waals surface area contributed by atoms with E-state index in [9.17, 15) is 5.11 Å². The highest BCUT2D eigenvalue weighted by atomic mass is 16.7. The van der Waals surface area contributed by atoms with E-state index in [1.54, 1.807) is 0 Å². The molecule has 2 atom stereocenters. The fourth-order valence-electron chi connectivity index (χ4n) is 2.35. The molecule has 2 N–H and O–H groups in total. The molecule has 0 aliphatic carbocycles. The molecule has 20 heavy (non-hydrogen) atoms. The molecule has 1 aromatic carbocycles. The van der Waals surface area contributed by atoms with Gasteiger partial charge in [-0.3, -0.25) is 0 Å². The van der Waals surface area contributed by atoms with Gasteiger partial charge in [0.05, 0.1) is 6.10 Å². The lowest BCUT2D eigenvalue weighted by Crippen LogP contribution is -2.30. The summed E-state index contributed by atoms with van der Waals surface area (Å²) in [7, 11) is 0. The van der Waals surface area contributed by atoms with Gasteiger partial charge in [-0.15, -0.1) is 0 Å². The van der Waals surface area contributed by atoms with Gasteiger partial charge in [-0.05, 0) is 31.0 Å². The fraction of sp³-hybridized carbons (Fsp3) is 0.625. The van der Waals surface area contributed by atoms with Crippen LogP contribution in [0.5, 0.6) is 11.5 Å². The SMILES string of the molecule is CCCCCC(C)NCC(O)c1ccc2c(c1)OCO2. The Morgan fingerprint density at radius 1 is 1.25 bits per heavy atom. The minimum atomic E-state index is -0.516. The summed E-state index contributed by atoms with van der Waals surface area (Å²) in [6.45, 7) is 5.21. The number of aliphatic hydroxyl groups excluding tert-OH is 1. The summed E-state index contributed by atoms with van der Waals surface area (Å²) in [5, 5.41) is 13.6. The van der Waals surface area contributed by atoms with Crippen LogP contribution < -0.4 is 14.8 Å². The summed E-state index contributed by atoms with van der Waals surface area (Å²) in [5.74, 6) is 1.47. The van der Waals surface area contributed by atoms with E-state index in [2.05, 4.69) is 19.2 Å². The molecule has 0 fully saturated rings. The molecular weight excluding hydrogens is 254 g/mol. The van der Waals surface area contributed by atoms with E-state index in [0.717, 1.165) is 23.5 Å².